The average molecular weight is 518 g/mol. The third-order valence-electron chi connectivity index (χ3n) is 6.63. The highest BCUT2D eigenvalue weighted by atomic mass is 19.1. The maximum Gasteiger partial charge on any atom is 0.353 e. The van der Waals surface area contributed by atoms with Crippen molar-refractivity contribution in [1.29, 1.82) is 0 Å². The highest BCUT2D eigenvalue weighted by Crippen LogP contribution is 2.40. The van der Waals surface area contributed by atoms with E-state index >= 15 is 8.78 Å². The van der Waals surface area contributed by atoms with Gasteiger partial charge in [0.05, 0.1) is 45.6 Å². The standard InChI is InChI=1S/C26H16F2N4O6/c1-31-17-8-15(27)11(7-14(17)24(34)30-26(31)37)10-32-18-9-16(28)12-4-6-38-22(12)20(18)19(21(32)25(35)36)13-3-2-5-29-23(13)33/h2-9H,10H2,1H3,(H,29,33)(H,35,36)(H,30,34,37). The van der Waals surface area contributed by atoms with Gasteiger partial charge in [-0.15, -0.1) is 0 Å². The molecule has 0 aliphatic carbocycles. The fourth-order valence-electron chi connectivity index (χ4n) is 4.89. The van der Waals surface area contributed by atoms with Gasteiger partial charge >= 0.3 is 11.7 Å². The Bertz CT molecular complexity index is 2150. The first-order valence-electron chi connectivity index (χ1n) is 11.2. The summed E-state index contributed by atoms with van der Waals surface area (Å²) in [5, 5.41) is 10.5. The van der Waals surface area contributed by atoms with Crippen molar-refractivity contribution in [1.82, 2.24) is 19.1 Å². The summed E-state index contributed by atoms with van der Waals surface area (Å²) in [6, 6.07) is 7.60. The van der Waals surface area contributed by atoms with Crippen molar-refractivity contribution in [2.45, 2.75) is 6.54 Å². The lowest BCUT2D eigenvalue weighted by atomic mass is 10.0. The van der Waals surface area contributed by atoms with E-state index in [2.05, 4.69) is 9.97 Å². The first-order chi connectivity index (χ1) is 18.2. The van der Waals surface area contributed by atoms with Crippen LogP contribution in [0.15, 0.2) is 67.7 Å². The van der Waals surface area contributed by atoms with Crippen molar-refractivity contribution in [2.24, 2.45) is 7.05 Å². The van der Waals surface area contributed by atoms with Gasteiger partial charge in [-0.05, 0) is 36.4 Å². The normalized spacial score (nSPS) is 11.7. The highest BCUT2D eigenvalue weighted by molar-refractivity contribution is 6.17. The summed E-state index contributed by atoms with van der Waals surface area (Å²) in [6.45, 7) is -0.446. The molecular weight excluding hydrogens is 502 g/mol. The molecule has 0 spiro atoms. The van der Waals surface area contributed by atoms with Crippen LogP contribution < -0.4 is 16.8 Å². The molecule has 4 heterocycles. The van der Waals surface area contributed by atoms with E-state index in [-0.39, 0.29) is 49.5 Å². The molecule has 6 rings (SSSR count). The zero-order chi connectivity index (χ0) is 26.9. The lowest BCUT2D eigenvalue weighted by Gasteiger charge is -2.12. The first-order valence-corrected chi connectivity index (χ1v) is 11.2. The number of halogens is 2. The third kappa shape index (κ3) is 3.23. The second kappa shape index (κ2) is 8.13. The highest BCUT2D eigenvalue weighted by Gasteiger charge is 2.29. The van der Waals surface area contributed by atoms with E-state index in [0.717, 1.165) is 21.3 Å². The minimum Gasteiger partial charge on any atom is -0.477 e. The Morgan fingerprint density at radius 3 is 2.53 bits per heavy atom. The van der Waals surface area contributed by atoms with Gasteiger partial charge in [-0.3, -0.25) is 19.1 Å². The number of carboxylic acid groups (broad SMARTS) is 1. The van der Waals surface area contributed by atoms with Crippen molar-refractivity contribution in [3.8, 4) is 11.1 Å². The van der Waals surface area contributed by atoms with Gasteiger partial charge in [-0.2, -0.15) is 0 Å². The molecule has 0 atom stereocenters. The Kier molecular flexibility index (Phi) is 4.95. The SMILES string of the molecule is Cn1c(=O)[nH]c(=O)c2cc(Cn3c(C(=O)O)c(-c4ccc[nH]c4=O)c4c5occc5c(F)cc43)c(F)cc21. The van der Waals surface area contributed by atoms with Gasteiger partial charge in [0, 0.05) is 24.4 Å². The number of nitrogens with one attached hydrogen (secondary N) is 2. The van der Waals surface area contributed by atoms with E-state index in [1.165, 1.54) is 43.8 Å². The van der Waals surface area contributed by atoms with Crippen LogP contribution in [0.1, 0.15) is 16.1 Å². The number of benzene rings is 2. The molecule has 0 aliphatic rings. The molecule has 0 unspecified atom stereocenters. The molecule has 0 saturated carbocycles. The number of aromatic nitrogens is 4. The molecular formula is C26H16F2N4O6. The fourth-order valence-corrected chi connectivity index (χ4v) is 4.89. The number of aromatic amines is 2. The molecule has 0 aliphatic heterocycles. The molecule has 0 fully saturated rings. The Hall–Kier alpha value is -5.26. The molecule has 4 aromatic heterocycles. The van der Waals surface area contributed by atoms with Crippen LogP contribution in [0.2, 0.25) is 0 Å². The van der Waals surface area contributed by atoms with E-state index in [1.807, 2.05) is 0 Å². The zero-order valence-electron chi connectivity index (χ0n) is 19.5. The quantitative estimate of drug-likeness (QED) is 0.327. The Balaban J connectivity index is 1.73. The molecule has 2 aromatic carbocycles. The number of nitrogens with zero attached hydrogens (tertiary/aromatic N) is 2. The van der Waals surface area contributed by atoms with Gasteiger partial charge in [0.15, 0.2) is 0 Å². The molecule has 0 amide bonds. The van der Waals surface area contributed by atoms with Gasteiger partial charge in [0.1, 0.15) is 22.9 Å². The van der Waals surface area contributed by atoms with Crippen molar-refractivity contribution in [2.75, 3.05) is 0 Å². The predicted octanol–water partition coefficient (Wildman–Crippen LogP) is 3.31. The number of furan rings is 1. The van der Waals surface area contributed by atoms with Gasteiger partial charge < -0.3 is 19.1 Å². The second-order valence-electron chi connectivity index (χ2n) is 8.72. The number of fused-ring (bicyclic) bond motifs is 4. The monoisotopic (exact) mass is 518 g/mol. The summed E-state index contributed by atoms with van der Waals surface area (Å²) < 4.78 is 38.1. The summed E-state index contributed by atoms with van der Waals surface area (Å²) in [6.07, 6.45) is 2.62. The average Bonchev–Trinajstić information content (AvgIpc) is 3.48. The lowest BCUT2D eigenvalue weighted by Crippen LogP contribution is -2.28. The fraction of sp³-hybridized carbons (Fsp3) is 0.0769. The molecule has 3 N–H and O–H groups in total. The molecule has 0 bridgehead atoms. The second-order valence-corrected chi connectivity index (χ2v) is 8.72. The summed E-state index contributed by atoms with van der Waals surface area (Å²) in [5.41, 5.74) is -2.53. The van der Waals surface area contributed by atoms with Crippen LogP contribution in [-0.4, -0.2) is 30.2 Å². The van der Waals surface area contributed by atoms with E-state index in [1.54, 1.807) is 0 Å². The Morgan fingerprint density at radius 1 is 1.03 bits per heavy atom. The molecule has 0 saturated heterocycles. The number of aromatic carboxylic acids is 1. The number of H-pyrrole nitrogens is 2. The first kappa shape index (κ1) is 23.2. The number of hydrogen-bond acceptors (Lipinski definition) is 5. The maximum atomic E-state index is 15.3. The largest absolute Gasteiger partial charge is 0.477 e. The lowest BCUT2D eigenvalue weighted by molar-refractivity contribution is 0.0687. The molecule has 12 heteroatoms. The number of rotatable bonds is 4. The van der Waals surface area contributed by atoms with Crippen molar-refractivity contribution < 1.29 is 23.1 Å². The predicted molar refractivity (Wildman–Crippen MR) is 134 cm³/mol. The van der Waals surface area contributed by atoms with Gasteiger partial charge in [-0.25, -0.2) is 18.4 Å². The summed E-state index contributed by atoms with van der Waals surface area (Å²) in [5.74, 6) is -2.99. The van der Waals surface area contributed by atoms with Crippen LogP contribution >= 0.6 is 0 Å². The molecule has 38 heavy (non-hydrogen) atoms. The number of aryl methyl sites for hydroxylation is 1. The van der Waals surface area contributed by atoms with Crippen LogP contribution in [0.25, 0.3) is 43.9 Å². The van der Waals surface area contributed by atoms with E-state index in [9.17, 15) is 24.3 Å². The summed E-state index contributed by atoms with van der Waals surface area (Å²) in [7, 11) is 1.36. The summed E-state index contributed by atoms with van der Waals surface area (Å²) in [4.78, 5) is 54.4. The van der Waals surface area contributed by atoms with Gasteiger partial charge in [0.25, 0.3) is 11.1 Å². The zero-order valence-corrected chi connectivity index (χ0v) is 19.5. The van der Waals surface area contributed by atoms with Crippen molar-refractivity contribution in [3.05, 3.63) is 103 Å². The number of carboxylic acids is 1. The smallest absolute Gasteiger partial charge is 0.353 e. The number of hydrogen-bond donors (Lipinski definition) is 3. The van der Waals surface area contributed by atoms with E-state index < -0.39 is 46.7 Å². The minimum absolute atomic E-state index is 0.00355. The third-order valence-corrected chi connectivity index (χ3v) is 6.63. The number of pyridine rings is 1. The number of carbonyl (C=O) groups is 1. The van der Waals surface area contributed by atoms with Gasteiger partial charge in [0.2, 0.25) is 0 Å². The van der Waals surface area contributed by atoms with Crippen LogP contribution in [0.3, 0.4) is 0 Å². The van der Waals surface area contributed by atoms with Crippen molar-refractivity contribution in [3.63, 3.8) is 0 Å². The van der Waals surface area contributed by atoms with Crippen LogP contribution in [-0.2, 0) is 13.6 Å². The minimum atomic E-state index is -1.46. The van der Waals surface area contributed by atoms with E-state index in [4.69, 9.17) is 4.42 Å². The molecule has 190 valence electrons. The topological polar surface area (TPSA) is 143 Å². The Morgan fingerprint density at radius 2 is 1.79 bits per heavy atom. The van der Waals surface area contributed by atoms with E-state index in [0.29, 0.717) is 0 Å². The molecule has 0 radical (unpaired) electrons. The molecule has 6 aromatic rings. The maximum absolute atomic E-state index is 15.3. The van der Waals surface area contributed by atoms with Crippen LogP contribution in [0.5, 0.6) is 0 Å². The van der Waals surface area contributed by atoms with Crippen LogP contribution in [0, 0.1) is 11.6 Å². The summed E-state index contributed by atoms with van der Waals surface area (Å²) >= 11 is 0. The van der Waals surface area contributed by atoms with Crippen molar-refractivity contribution >= 4 is 38.7 Å². The molecule has 10 nitrogen and oxygen atoms in total. The Labute approximate surface area is 209 Å². The van der Waals surface area contributed by atoms with Crippen LogP contribution in [0.4, 0.5) is 8.78 Å². The van der Waals surface area contributed by atoms with Gasteiger partial charge in [-0.1, -0.05) is 0 Å².